The van der Waals surface area contributed by atoms with Crippen LogP contribution in [0.15, 0.2) is 18.2 Å². The summed E-state index contributed by atoms with van der Waals surface area (Å²) in [7, 11) is 0. The van der Waals surface area contributed by atoms with Gasteiger partial charge in [0.2, 0.25) is 11.7 Å². The monoisotopic (exact) mass is 296 g/mol. The largest absolute Gasteiger partial charge is 0.328 e. The third-order valence-electron chi connectivity index (χ3n) is 3.43. The number of nitrogens with zero attached hydrogens (tertiary/aromatic N) is 2. The standard InChI is InChI=1S/C13H17FN4O3/c14-11-7-10(1-2-12(11)18(20)21)16-13(19)8-17-5-3-9(15)4-6-17/h1-2,7,9H,3-6,8,15H2,(H,16,19). The van der Waals surface area contributed by atoms with Crippen LogP contribution in [-0.4, -0.2) is 41.4 Å². The van der Waals surface area contributed by atoms with Crippen LogP contribution < -0.4 is 11.1 Å². The Morgan fingerprint density at radius 3 is 2.71 bits per heavy atom. The number of rotatable bonds is 4. The van der Waals surface area contributed by atoms with Crippen LogP contribution in [-0.2, 0) is 4.79 Å². The minimum absolute atomic E-state index is 0.188. The quantitative estimate of drug-likeness (QED) is 0.640. The molecule has 0 atom stereocenters. The average Bonchev–Trinajstić information content (AvgIpc) is 2.41. The molecule has 1 fully saturated rings. The van der Waals surface area contributed by atoms with E-state index in [0.29, 0.717) is 0 Å². The number of nitrogens with one attached hydrogen (secondary N) is 1. The molecule has 0 radical (unpaired) electrons. The number of nitrogens with two attached hydrogens (primary N) is 1. The van der Waals surface area contributed by atoms with Crippen LogP contribution in [0.25, 0.3) is 0 Å². The molecule has 114 valence electrons. The number of likely N-dealkylation sites (tertiary alicyclic amines) is 1. The van der Waals surface area contributed by atoms with Crippen LogP contribution in [0.2, 0.25) is 0 Å². The molecule has 0 spiro atoms. The van der Waals surface area contributed by atoms with Crippen LogP contribution in [0.5, 0.6) is 0 Å². The summed E-state index contributed by atoms with van der Waals surface area (Å²) >= 11 is 0. The lowest BCUT2D eigenvalue weighted by Crippen LogP contribution is -2.43. The van der Waals surface area contributed by atoms with Crippen molar-refractivity contribution in [2.24, 2.45) is 5.73 Å². The molecule has 1 aromatic rings. The van der Waals surface area contributed by atoms with Crippen LogP contribution in [0.3, 0.4) is 0 Å². The van der Waals surface area contributed by atoms with Crippen LogP contribution in [0.1, 0.15) is 12.8 Å². The van der Waals surface area contributed by atoms with Crippen molar-refractivity contribution >= 4 is 17.3 Å². The molecule has 0 saturated carbocycles. The molecule has 3 N–H and O–H groups in total. The normalized spacial score (nSPS) is 16.7. The number of halogens is 1. The summed E-state index contributed by atoms with van der Waals surface area (Å²) in [6.45, 7) is 1.71. The van der Waals surface area contributed by atoms with Gasteiger partial charge in [0.1, 0.15) is 0 Å². The highest BCUT2D eigenvalue weighted by Gasteiger charge is 2.19. The van der Waals surface area contributed by atoms with E-state index in [-0.39, 0.29) is 24.2 Å². The molecule has 1 aromatic carbocycles. The Hall–Kier alpha value is -2.06. The number of carbonyl (C=O) groups excluding carboxylic acids is 1. The first-order valence-electron chi connectivity index (χ1n) is 6.67. The molecule has 0 bridgehead atoms. The van der Waals surface area contributed by atoms with Gasteiger partial charge in [-0.3, -0.25) is 19.8 Å². The fraction of sp³-hybridized carbons (Fsp3) is 0.462. The minimum atomic E-state index is -0.971. The highest BCUT2D eigenvalue weighted by molar-refractivity contribution is 5.92. The molecule has 1 aliphatic rings. The minimum Gasteiger partial charge on any atom is -0.328 e. The van der Waals surface area contributed by atoms with Gasteiger partial charge in [-0.2, -0.15) is 4.39 Å². The molecular formula is C13H17FN4O3. The van der Waals surface area contributed by atoms with Crippen molar-refractivity contribution in [2.45, 2.75) is 18.9 Å². The van der Waals surface area contributed by atoms with E-state index in [1.807, 2.05) is 4.90 Å². The summed E-state index contributed by atoms with van der Waals surface area (Å²) in [4.78, 5) is 23.5. The third kappa shape index (κ3) is 4.20. The lowest BCUT2D eigenvalue weighted by molar-refractivity contribution is -0.387. The molecule has 8 heteroatoms. The second-order valence-corrected chi connectivity index (χ2v) is 5.09. The Kier molecular flexibility index (Phi) is 4.81. The maximum absolute atomic E-state index is 13.4. The molecule has 0 aliphatic carbocycles. The van der Waals surface area contributed by atoms with Crippen molar-refractivity contribution < 1.29 is 14.1 Å². The first-order chi connectivity index (χ1) is 9.95. The zero-order valence-corrected chi connectivity index (χ0v) is 11.4. The first-order valence-corrected chi connectivity index (χ1v) is 6.67. The first kappa shape index (κ1) is 15.3. The zero-order chi connectivity index (χ0) is 15.4. The predicted octanol–water partition coefficient (Wildman–Crippen LogP) is 1.10. The molecule has 1 heterocycles. The van der Waals surface area contributed by atoms with Gasteiger partial charge in [0, 0.05) is 37.0 Å². The molecule has 1 aliphatic heterocycles. The van der Waals surface area contributed by atoms with E-state index in [1.54, 1.807) is 0 Å². The molecule has 1 saturated heterocycles. The van der Waals surface area contributed by atoms with E-state index in [0.717, 1.165) is 38.1 Å². The number of piperidine rings is 1. The zero-order valence-electron chi connectivity index (χ0n) is 11.4. The van der Waals surface area contributed by atoms with Crippen LogP contribution >= 0.6 is 0 Å². The Labute approximate surface area is 121 Å². The predicted molar refractivity (Wildman–Crippen MR) is 75.3 cm³/mol. The molecule has 21 heavy (non-hydrogen) atoms. The van der Waals surface area contributed by atoms with Crippen molar-refractivity contribution in [1.29, 1.82) is 0 Å². The number of hydrogen-bond donors (Lipinski definition) is 2. The van der Waals surface area contributed by atoms with Gasteiger partial charge in [-0.25, -0.2) is 0 Å². The molecule has 1 amide bonds. The van der Waals surface area contributed by atoms with E-state index in [2.05, 4.69) is 5.32 Å². The van der Waals surface area contributed by atoms with Gasteiger partial charge in [0.25, 0.3) is 0 Å². The van der Waals surface area contributed by atoms with Gasteiger partial charge in [0.15, 0.2) is 0 Å². The van der Waals surface area contributed by atoms with Crippen molar-refractivity contribution in [3.05, 3.63) is 34.1 Å². The number of anilines is 1. The van der Waals surface area contributed by atoms with E-state index < -0.39 is 16.4 Å². The highest BCUT2D eigenvalue weighted by Crippen LogP contribution is 2.20. The Morgan fingerprint density at radius 2 is 2.14 bits per heavy atom. The summed E-state index contributed by atoms with van der Waals surface area (Å²) in [5.74, 6) is -1.25. The fourth-order valence-electron chi connectivity index (χ4n) is 2.25. The third-order valence-corrected chi connectivity index (χ3v) is 3.43. The Morgan fingerprint density at radius 1 is 1.48 bits per heavy atom. The van der Waals surface area contributed by atoms with Crippen molar-refractivity contribution in [1.82, 2.24) is 4.90 Å². The molecular weight excluding hydrogens is 279 g/mol. The molecule has 7 nitrogen and oxygen atoms in total. The van der Waals surface area contributed by atoms with Gasteiger partial charge < -0.3 is 11.1 Å². The molecule has 0 aromatic heterocycles. The Balaban J connectivity index is 1.91. The second kappa shape index (κ2) is 6.59. The summed E-state index contributed by atoms with van der Waals surface area (Å²) in [6, 6.07) is 3.48. The maximum atomic E-state index is 13.4. The van der Waals surface area contributed by atoms with Crippen molar-refractivity contribution in [3.63, 3.8) is 0 Å². The SMILES string of the molecule is NC1CCN(CC(=O)Nc2ccc([N+](=O)[O-])c(F)c2)CC1. The van der Waals surface area contributed by atoms with E-state index in [9.17, 15) is 19.3 Å². The van der Waals surface area contributed by atoms with Gasteiger partial charge in [0.05, 0.1) is 11.5 Å². The number of benzene rings is 1. The topological polar surface area (TPSA) is 102 Å². The second-order valence-electron chi connectivity index (χ2n) is 5.09. The maximum Gasteiger partial charge on any atom is 0.304 e. The van der Waals surface area contributed by atoms with E-state index in [1.165, 1.54) is 6.07 Å². The summed E-state index contributed by atoms with van der Waals surface area (Å²) in [5.41, 5.74) is 5.38. The smallest absolute Gasteiger partial charge is 0.304 e. The van der Waals surface area contributed by atoms with Gasteiger partial charge in [-0.05, 0) is 18.9 Å². The van der Waals surface area contributed by atoms with E-state index in [4.69, 9.17) is 5.73 Å². The summed E-state index contributed by atoms with van der Waals surface area (Å²) < 4.78 is 13.4. The van der Waals surface area contributed by atoms with Gasteiger partial charge in [-0.15, -0.1) is 0 Å². The van der Waals surface area contributed by atoms with Crippen LogP contribution in [0.4, 0.5) is 15.8 Å². The van der Waals surface area contributed by atoms with Gasteiger partial charge in [-0.1, -0.05) is 0 Å². The fourth-order valence-corrected chi connectivity index (χ4v) is 2.25. The lowest BCUT2D eigenvalue weighted by Gasteiger charge is -2.29. The molecule has 2 rings (SSSR count). The average molecular weight is 296 g/mol. The number of hydrogen-bond acceptors (Lipinski definition) is 5. The summed E-state index contributed by atoms with van der Waals surface area (Å²) in [5, 5.41) is 13.0. The highest BCUT2D eigenvalue weighted by atomic mass is 19.1. The van der Waals surface area contributed by atoms with Gasteiger partial charge >= 0.3 is 5.69 Å². The number of nitro groups is 1. The van der Waals surface area contributed by atoms with Crippen molar-refractivity contribution in [2.75, 3.05) is 25.0 Å². The Bertz CT molecular complexity index is 544. The summed E-state index contributed by atoms with van der Waals surface area (Å²) in [6.07, 6.45) is 1.69. The number of nitro benzene ring substituents is 1. The van der Waals surface area contributed by atoms with Crippen LogP contribution in [0, 0.1) is 15.9 Å². The van der Waals surface area contributed by atoms with Crippen molar-refractivity contribution in [3.8, 4) is 0 Å². The number of carbonyl (C=O) groups is 1. The lowest BCUT2D eigenvalue weighted by atomic mass is 10.1. The molecule has 0 unspecified atom stereocenters. The van der Waals surface area contributed by atoms with E-state index >= 15 is 0 Å². The number of amides is 1.